The Hall–Kier alpha value is -3.93. The Bertz CT molecular complexity index is 1310. The molecule has 2 aromatic carbocycles. The van der Waals surface area contributed by atoms with Gasteiger partial charge in [0.1, 0.15) is 11.6 Å². The highest BCUT2D eigenvalue weighted by Gasteiger charge is 2.18. The van der Waals surface area contributed by atoms with Crippen LogP contribution in [-0.4, -0.2) is 21.0 Å². The molecule has 0 fully saturated rings. The first-order chi connectivity index (χ1) is 15.4. The van der Waals surface area contributed by atoms with Crippen LogP contribution in [0.25, 0.3) is 27.7 Å². The van der Waals surface area contributed by atoms with Crippen LogP contribution in [0.2, 0.25) is 0 Å². The van der Waals surface area contributed by atoms with Gasteiger partial charge in [0.25, 0.3) is 6.01 Å². The van der Waals surface area contributed by atoms with Gasteiger partial charge in [-0.15, -0.1) is 0 Å². The molecular formula is C26H23FN2O3. The van der Waals surface area contributed by atoms with Crippen LogP contribution in [-0.2, 0) is 4.79 Å². The van der Waals surface area contributed by atoms with E-state index in [1.54, 1.807) is 13.0 Å². The molecule has 0 bridgehead atoms. The highest BCUT2D eigenvalue weighted by Crippen LogP contribution is 2.31. The van der Waals surface area contributed by atoms with Crippen molar-refractivity contribution in [3.8, 4) is 17.1 Å². The smallest absolute Gasteiger partial charge is 0.335 e. The van der Waals surface area contributed by atoms with Gasteiger partial charge in [0.15, 0.2) is 0 Å². The second-order valence-electron chi connectivity index (χ2n) is 7.71. The van der Waals surface area contributed by atoms with Gasteiger partial charge in [-0.2, -0.15) is 4.98 Å². The largest absolute Gasteiger partial charge is 0.478 e. The number of nitrogens with zero attached hydrogens (tertiary/aromatic N) is 1. The number of halogens is 1. The first-order valence-electron chi connectivity index (χ1n) is 10.3. The fourth-order valence-electron chi connectivity index (χ4n) is 3.69. The summed E-state index contributed by atoms with van der Waals surface area (Å²) in [5.41, 5.74) is 5.11. The van der Waals surface area contributed by atoms with Gasteiger partial charge in [0, 0.05) is 18.1 Å². The van der Waals surface area contributed by atoms with Gasteiger partial charge in [-0.05, 0) is 49.1 Å². The maximum atomic E-state index is 14.8. The lowest BCUT2D eigenvalue weighted by Crippen LogP contribution is -2.09. The van der Waals surface area contributed by atoms with Crippen molar-refractivity contribution in [3.05, 3.63) is 89.5 Å². The van der Waals surface area contributed by atoms with E-state index in [0.29, 0.717) is 35.2 Å². The Kier molecular flexibility index (Phi) is 5.77. The van der Waals surface area contributed by atoms with E-state index in [-0.39, 0.29) is 17.4 Å². The number of aromatic amines is 1. The minimum absolute atomic E-state index is 0.199. The maximum absolute atomic E-state index is 14.8. The predicted molar refractivity (Wildman–Crippen MR) is 124 cm³/mol. The molecule has 6 heteroatoms. The summed E-state index contributed by atoms with van der Waals surface area (Å²) in [5.74, 6) is -0.860. The number of carbonyl (C=O) groups is 1. The third kappa shape index (κ3) is 4.25. The van der Waals surface area contributed by atoms with Gasteiger partial charge in [-0.3, -0.25) is 0 Å². The molecule has 0 spiro atoms. The molecule has 2 N–H and O–H groups in total. The number of allylic oxidation sites excluding steroid dienone is 5. The number of H-pyrrole nitrogens is 1. The molecule has 5 nitrogen and oxygen atoms in total. The summed E-state index contributed by atoms with van der Waals surface area (Å²) < 4.78 is 20.6. The fraction of sp³-hybridized carbons (Fsp3) is 0.154. The summed E-state index contributed by atoms with van der Waals surface area (Å²) in [7, 11) is 0. The summed E-state index contributed by atoms with van der Waals surface area (Å²) >= 11 is 0. The summed E-state index contributed by atoms with van der Waals surface area (Å²) in [5, 5.41) is 9.32. The van der Waals surface area contributed by atoms with E-state index < -0.39 is 5.97 Å². The lowest BCUT2D eigenvalue weighted by Gasteiger charge is -2.14. The third-order valence-electron chi connectivity index (χ3n) is 5.45. The Morgan fingerprint density at radius 2 is 2.00 bits per heavy atom. The third-order valence-corrected chi connectivity index (χ3v) is 5.45. The van der Waals surface area contributed by atoms with Crippen molar-refractivity contribution in [1.82, 2.24) is 9.97 Å². The molecule has 0 unspecified atom stereocenters. The second-order valence-corrected chi connectivity index (χ2v) is 7.71. The van der Waals surface area contributed by atoms with E-state index in [1.807, 2.05) is 43.3 Å². The molecule has 1 aliphatic carbocycles. The van der Waals surface area contributed by atoms with Crippen molar-refractivity contribution in [3.63, 3.8) is 0 Å². The quantitative estimate of drug-likeness (QED) is 0.443. The molecule has 0 saturated carbocycles. The fourth-order valence-corrected chi connectivity index (χ4v) is 3.69. The number of hydrogen-bond acceptors (Lipinski definition) is 3. The standard InChI is InChI=1S/C26H23FN2O3/c1-4-5-15(2)17-7-9-18(10-8-17)21-13-23-24(14-22(21)27)29-26(28-23)32-19-11-6-16(3)20(12-19)25(30)31/h4-5,7-10,12-14H,2,6,11H2,1,3H3,(H,28,29)(H,30,31)/b5-4-. The number of hydrogen-bond donors (Lipinski definition) is 2. The van der Waals surface area contributed by atoms with Crippen LogP contribution in [0.1, 0.15) is 32.3 Å². The Morgan fingerprint density at radius 1 is 1.25 bits per heavy atom. The summed E-state index contributed by atoms with van der Waals surface area (Å²) in [4.78, 5) is 18.8. The van der Waals surface area contributed by atoms with E-state index in [0.717, 1.165) is 22.3 Å². The second kappa shape index (κ2) is 8.67. The average molecular weight is 430 g/mol. The molecule has 0 aliphatic heterocycles. The van der Waals surface area contributed by atoms with Crippen LogP contribution >= 0.6 is 0 Å². The first kappa shape index (κ1) is 21.3. The van der Waals surface area contributed by atoms with Crippen molar-refractivity contribution >= 4 is 22.6 Å². The summed E-state index contributed by atoms with van der Waals surface area (Å²) in [6.45, 7) is 7.74. The lowest BCUT2D eigenvalue weighted by atomic mass is 9.98. The zero-order chi connectivity index (χ0) is 22.8. The van der Waals surface area contributed by atoms with Crippen molar-refractivity contribution in [2.24, 2.45) is 0 Å². The monoisotopic (exact) mass is 430 g/mol. The van der Waals surface area contributed by atoms with Crippen LogP contribution in [0.15, 0.2) is 78.1 Å². The molecule has 1 aromatic heterocycles. The van der Waals surface area contributed by atoms with Gasteiger partial charge in [0.2, 0.25) is 0 Å². The number of imidazole rings is 1. The number of aliphatic carboxylic acids is 1. The molecule has 1 aliphatic rings. The van der Waals surface area contributed by atoms with Gasteiger partial charge in [-0.25, -0.2) is 9.18 Å². The van der Waals surface area contributed by atoms with Crippen molar-refractivity contribution in [1.29, 1.82) is 0 Å². The summed E-state index contributed by atoms with van der Waals surface area (Å²) in [6.07, 6.45) is 6.53. The minimum atomic E-state index is -0.986. The molecule has 0 atom stereocenters. The van der Waals surface area contributed by atoms with E-state index in [2.05, 4.69) is 16.5 Å². The maximum Gasteiger partial charge on any atom is 0.335 e. The number of ether oxygens (including phenoxy) is 1. The zero-order valence-electron chi connectivity index (χ0n) is 17.9. The van der Waals surface area contributed by atoms with E-state index in [1.165, 1.54) is 12.1 Å². The molecule has 4 rings (SSSR count). The topological polar surface area (TPSA) is 75.2 Å². The minimum Gasteiger partial charge on any atom is -0.478 e. The van der Waals surface area contributed by atoms with Gasteiger partial charge < -0.3 is 14.8 Å². The van der Waals surface area contributed by atoms with E-state index in [4.69, 9.17) is 4.74 Å². The van der Waals surface area contributed by atoms with Crippen LogP contribution < -0.4 is 4.74 Å². The Morgan fingerprint density at radius 3 is 2.69 bits per heavy atom. The molecule has 1 heterocycles. The summed E-state index contributed by atoms with van der Waals surface area (Å²) in [6, 6.07) is 10.8. The van der Waals surface area contributed by atoms with Crippen molar-refractivity contribution < 1.29 is 19.0 Å². The van der Waals surface area contributed by atoms with Crippen LogP contribution in [0.3, 0.4) is 0 Å². The molecule has 32 heavy (non-hydrogen) atoms. The Balaban J connectivity index is 1.62. The normalized spacial score (nSPS) is 14.2. The average Bonchev–Trinajstić information content (AvgIpc) is 3.15. The number of carboxylic acids is 1. The van der Waals surface area contributed by atoms with Gasteiger partial charge in [-0.1, -0.05) is 48.6 Å². The highest BCUT2D eigenvalue weighted by atomic mass is 19.1. The molecule has 0 radical (unpaired) electrons. The highest BCUT2D eigenvalue weighted by molar-refractivity contribution is 5.91. The van der Waals surface area contributed by atoms with E-state index >= 15 is 0 Å². The molecule has 162 valence electrons. The number of nitrogens with one attached hydrogen (secondary N) is 1. The van der Waals surface area contributed by atoms with Gasteiger partial charge in [0.05, 0.1) is 16.6 Å². The number of fused-ring (bicyclic) bond motifs is 1. The van der Waals surface area contributed by atoms with Crippen LogP contribution in [0, 0.1) is 5.82 Å². The SMILES string of the molecule is C=C(/C=C\C)c1ccc(-c2cc3nc(OC4=CC(C(=O)O)=C(C)CC4)[nH]c3cc2F)cc1. The number of rotatable bonds is 6. The molecule has 3 aromatic rings. The number of carboxylic acid groups (broad SMARTS) is 1. The lowest BCUT2D eigenvalue weighted by molar-refractivity contribution is -0.132. The van der Waals surface area contributed by atoms with Crippen molar-refractivity contribution in [2.45, 2.75) is 26.7 Å². The van der Waals surface area contributed by atoms with Crippen molar-refractivity contribution in [2.75, 3.05) is 0 Å². The van der Waals surface area contributed by atoms with E-state index in [9.17, 15) is 14.3 Å². The molecular weight excluding hydrogens is 407 g/mol. The molecule has 0 amide bonds. The zero-order valence-corrected chi connectivity index (χ0v) is 17.9. The van der Waals surface area contributed by atoms with Crippen LogP contribution in [0.4, 0.5) is 4.39 Å². The number of aromatic nitrogens is 2. The molecule has 0 saturated heterocycles. The number of benzene rings is 2. The first-order valence-corrected chi connectivity index (χ1v) is 10.3. The van der Waals surface area contributed by atoms with Crippen LogP contribution in [0.5, 0.6) is 6.01 Å². The Labute approximate surface area is 185 Å². The predicted octanol–water partition coefficient (Wildman–Crippen LogP) is 6.42. The van der Waals surface area contributed by atoms with Gasteiger partial charge >= 0.3 is 5.97 Å².